The van der Waals surface area contributed by atoms with Crippen LogP contribution in [0.1, 0.15) is 18.4 Å². The number of para-hydroxylation sites is 1. The summed E-state index contributed by atoms with van der Waals surface area (Å²) in [5.41, 5.74) is 0.759. The van der Waals surface area contributed by atoms with Crippen LogP contribution in [0.15, 0.2) is 28.8 Å². The SMILES string of the molecule is COc1ccccc1-c1noc([C@H]2C[C@H](F)CN2)n1.Cl. The molecule has 2 aromatic rings. The molecule has 1 fully saturated rings. The fourth-order valence-corrected chi connectivity index (χ4v) is 2.20. The van der Waals surface area contributed by atoms with Crippen molar-refractivity contribution >= 4 is 12.4 Å². The number of methoxy groups -OCH3 is 1. The van der Waals surface area contributed by atoms with Gasteiger partial charge in [0, 0.05) is 13.0 Å². The first-order chi connectivity index (χ1) is 9.28. The van der Waals surface area contributed by atoms with Crippen LogP contribution in [-0.4, -0.2) is 30.0 Å². The van der Waals surface area contributed by atoms with Gasteiger partial charge in [-0.2, -0.15) is 4.98 Å². The Morgan fingerprint density at radius 3 is 2.90 bits per heavy atom. The van der Waals surface area contributed by atoms with Crippen molar-refractivity contribution in [1.82, 2.24) is 15.5 Å². The van der Waals surface area contributed by atoms with E-state index in [9.17, 15) is 4.39 Å². The second-order valence-electron chi connectivity index (χ2n) is 4.45. The molecular weight excluding hydrogens is 285 g/mol. The summed E-state index contributed by atoms with van der Waals surface area (Å²) in [7, 11) is 1.59. The van der Waals surface area contributed by atoms with Crippen molar-refractivity contribution in [2.75, 3.05) is 13.7 Å². The third kappa shape index (κ3) is 2.76. The molecule has 20 heavy (non-hydrogen) atoms. The molecule has 0 bridgehead atoms. The summed E-state index contributed by atoms with van der Waals surface area (Å²) in [6.07, 6.45) is -0.486. The van der Waals surface area contributed by atoms with Crippen molar-refractivity contribution in [1.29, 1.82) is 0 Å². The molecule has 108 valence electrons. The van der Waals surface area contributed by atoms with E-state index >= 15 is 0 Å². The average Bonchev–Trinajstić information content (AvgIpc) is 3.07. The highest BCUT2D eigenvalue weighted by atomic mass is 35.5. The van der Waals surface area contributed by atoms with Gasteiger partial charge in [0.1, 0.15) is 11.9 Å². The first kappa shape index (κ1) is 14.7. The lowest BCUT2D eigenvalue weighted by Gasteiger charge is -2.03. The van der Waals surface area contributed by atoms with Crippen LogP contribution in [0.25, 0.3) is 11.4 Å². The Bertz CT molecular complexity index is 578. The van der Waals surface area contributed by atoms with Crippen LogP contribution in [-0.2, 0) is 0 Å². The standard InChI is InChI=1S/C13H14FN3O2.ClH/c1-18-11-5-3-2-4-9(11)12-16-13(19-17-12)10-6-8(14)7-15-10;/h2-5,8,10,15H,6-7H2,1H3;1H/t8-,10+;/m0./s1. The molecule has 1 aromatic heterocycles. The summed E-state index contributed by atoms with van der Waals surface area (Å²) in [4.78, 5) is 4.32. The Balaban J connectivity index is 0.00000147. The van der Waals surface area contributed by atoms with Gasteiger partial charge in [0.05, 0.1) is 18.7 Å². The fraction of sp³-hybridized carbons (Fsp3) is 0.385. The smallest absolute Gasteiger partial charge is 0.244 e. The zero-order valence-corrected chi connectivity index (χ0v) is 11.7. The summed E-state index contributed by atoms with van der Waals surface area (Å²) in [5, 5.41) is 6.95. The van der Waals surface area contributed by atoms with Gasteiger partial charge in [0.2, 0.25) is 11.7 Å². The van der Waals surface area contributed by atoms with Gasteiger partial charge < -0.3 is 14.6 Å². The minimum absolute atomic E-state index is 0. The number of benzene rings is 1. The number of nitrogens with zero attached hydrogens (tertiary/aromatic N) is 2. The lowest BCUT2D eigenvalue weighted by Crippen LogP contribution is -2.14. The van der Waals surface area contributed by atoms with Crippen molar-refractivity contribution in [3.8, 4) is 17.1 Å². The van der Waals surface area contributed by atoms with Crippen molar-refractivity contribution in [3.05, 3.63) is 30.2 Å². The number of nitrogens with one attached hydrogen (secondary N) is 1. The normalized spacial score (nSPS) is 21.5. The molecule has 0 radical (unpaired) electrons. The Hall–Kier alpha value is -1.66. The Kier molecular flexibility index (Phi) is 4.57. The molecule has 3 rings (SSSR count). The predicted octanol–water partition coefficient (Wildman–Crippen LogP) is 2.54. The van der Waals surface area contributed by atoms with Gasteiger partial charge in [-0.25, -0.2) is 4.39 Å². The van der Waals surface area contributed by atoms with Crippen LogP contribution >= 0.6 is 12.4 Å². The molecule has 1 N–H and O–H groups in total. The second-order valence-corrected chi connectivity index (χ2v) is 4.45. The van der Waals surface area contributed by atoms with E-state index in [1.165, 1.54) is 0 Å². The van der Waals surface area contributed by atoms with Crippen LogP contribution in [0.2, 0.25) is 0 Å². The predicted molar refractivity (Wildman–Crippen MR) is 73.8 cm³/mol. The zero-order valence-electron chi connectivity index (χ0n) is 10.9. The Morgan fingerprint density at radius 1 is 1.40 bits per heavy atom. The maximum Gasteiger partial charge on any atom is 0.244 e. The summed E-state index contributed by atoms with van der Waals surface area (Å²) < 4.78 is 23.6. The van der Waals surface area contributed by atoms with E-state index in [2.05, 4.69) is 15.5 Å². The first-order valence-electron chi connectivity index (χ1n) is 6.12. The third-order valence-corrected chi connectivity index (χ3v) is 3.16. The molecule has 2 atom stereocenters. The molecule has 1 aliphatic rings. The van der Waals surface area contributed by atoms with Gasteiger partial charge in [0.15, 0.2) is 0 Å². The first-order valence-corrected chi connectivity index (χ1v) is 6.12. The van der Waals surface area contributed by atoms with E-state index in [4.69, 9.17) is 9.26 Å². The minimum atomic E-state index is -0.855. The van der Waals surface area contributed by atoms with Crippen LogP contribution < -0.4 is 10.1 Å². The van der Waals surface area contributed by atoms with Crippen LogP contribution in [0, 0.1) is 0 Å². The Morgan fingerprint density at radius 2 is 2.20 bits per heavy atom. The molecule has 2 heterocycles. The molecule has 7 heteroatoms. The zero-order chi connectivity index (χ0) is 13.2. The lowest BCUT2D eigenvalue weighted by molar-refractivity contribution is 0.324. The van der Waals surface area contributed by atoms with Crippen LogP contribution in [0.4, 0.5) is 4.39 Å². The van der Waals surface area contributed by atoms with E-state index in [1.54, 1.807) is 7.11 Å². The molecular formula is C13H15ClFN3O2. The number of hydrogen-bond acceptors (Lipinski definition) is 5. The van der Waals surface area contributed by atoms with Crippen molar-refractivity contribution < 1.29 is 13.7 Å². The summed E-state index contributed by atoms with van der Waals surface area (Å²) in [6, 6.07) is 7.23. The molecule has 0 spiro atoms. The highest BCUT2D eigenvalue weighted by Gasteiger charge is 2.29. The molecule has 5 nitrogen and oxygen atoms in total. The van der Waals surface area contributed by atoms with E-state index in [-0.39, 0.29) is 18.4 Å². The van der Waals surface area contributed by atoms with Gasteiger partial charge in [-0.05, 0) is 12.1 Å². The lowest BCUT2D eigenvalue weighted by atomic mass is 10.2. The van der Waals surface area contributed by atoms with Gasteiger partial charge in [-0.15, -0.1) is 12.4 Å². The molecule has 1 saturated heterocycles. The third-order valence-electron chi connectivity index (χ3n) is 3.16. The molecule has 0 aliphatic carbocycles. The highest BCUT2D eigenvalue weighted by molar-refractivity contribution is 5.85. The van der Waals surface area contributed by atoms with E-state index in [1.807, 2.05) is 24.3 Å². The quantitative estimate of drug-likeness (QED) is 0.944. The number of aromatic nitrogens is 2. The molecule has 0 saturated carbocycles. The average molecular weight is 300 g/mol. The largest absolute Gasteiger partial charge is 0.496 e. The topological polar surface area (TPSA) is 60.2 Å². The van der Waals surface area contributed by atoms with Crippen LogP contribution in [0.3, 0.4) is 0 Å². The molecule has 1 aromatic carbocycles. The van der Waals surface area contributed by atoms with Gasteiger partial charge in [0.25, 0.3) is 0 Å². The monoisotopic (exact) mass is 299 g/mol. The van der Waals surface area contributed by atoms with Gasteiger partial charge in [-0.3, -0.25) is 0 Å². The van der Waals surface area contributed by atoms with Crippen LogP contribution in [0.5, 0.6) is 5.75 Å². The number of halogens is 2. The highest BCUT2D eigenvalue weighted by Crippen LogP contribution is 2.30. The molecule has 1 aliphatic heterocycles. The Labute approximate surface area is 121 Å². The number of alkyl halides is 1. The molecule has 0 unspecified atom stereocenters. The van der Waals surface area contributed by atoms with Crippen molar-refractivity contribution in [2.45, 2.75) is 18.6 Å². The molecule has 0 amide bonds. The summed E-state index contributed by atoms with van der Waals surface area (Å²) >= 11 is 0. The van der Waals surface area contributed by atoms with E-state index in [0.717, 1.165) is 5.56 Å². The van der Waals surface area contributed by atoms with Gasteiger partial charge in [-0.1, -0.05) is 17.3 Å². The number of ether oxygens (including phenoxy) is 1. The fourth-order valence-electron chi connectivity index (χ4n) is 2.20. The maximum atomic E-state index is 13.1. The number of hydrogen-bond donors (Lipinski definition) is 1. The van der Waals surface area contributed by atoms with E-state index < -0.39 is 6.17 Å². The van der Waals surface area contributed by atoms with Crippen molar-refractivity contribution in [2.24, 2.45) is 0 Å². The van der Waals surface area contributed by atoms with Crippen molar-refractivity contribution in [3.63, 3.8) is 0 Å². The number of rotatable bonds is 3. The van der Waals surface area contributed by atoms with E-state index in [0.29, 0.717) is 30.4 Å². The van der Waals surface area contributed by atoms with Gasteiger partial charge >= 0.3 is 0 Å². The summed E-state index contributed by atoms with van der Waals surface area (Å²) in [5.74, 6) is 1.55. The maximum absolute atomic E-state index is 13.1. The minimum Gasteiger partial charge on any atom is -0.496 e. The second kappa shape index (κ2) is 6.19. The summed E-state index contributed by atoms with van der Waals surface area (Å²) in [6.45, 7) is 0.330.